The van der Waals surface area contributed by atoms with Gasteiger partial charge in [0.2, 0.25) is 0 Å². The lowest BCUT2D eigenvalue weighted by Crippen LogP contribution is -2.14. The lowest BCUT2D eigenvalue weighted by atomic mass is 9.87. The minimum absolute atomic E-state index is 0.214. The van der Waals surface area contributed by atoms with Gasteiger partial charge in [-0.15, -0.1) is 0 Å². The van der Waals surface area contributed by atoms with Crippen molar-refractivity contribution >= 4 is 5.97 Å². The SMILES string of the molecule is CCOOC(=O)CC1CCCCC1. The Bertz CT molecular complexity index is 150. The van der Waals surface area contributed by atoms with Crippen LogP contribution in [0.15, 0.2) is 0 Å². The molecular formula is C10H18O3. The molecule has 76 valence electrons. The Hall–Kier alpha value is -0.570. The Kier molecular flexibility index (Phi) is 4.83. The first-order valence-corrected chi connectivity index (χ1v) is 5.15. The summed E-state index contributed by atoms with van der Waals surface area (Å²) in [7, 11) is 0. The summed E-state index contributed by atoms with van der Waals surface area (Å²) in [6.45, 7) is 2.23. The molecule has 0 aromatic heterocycles. The Balaban J connectivity index is 2.11. The maximum absolute atomic E-state index is 11.1. The fourth-order valence-corrected chi connectivity index (χ4v) is 1.79. The van der Waals surface area contributed by atoms with Crippen molar-refractivity contribution in [2.24, 2.45) is 5.92 Å². The van der Waals surface area contributed by atoms with Crippen molar-refractivity contribution in [1.29, 1.82) is 0 Å². The zero-order valence-electron chi connectivity index (χ0n) is 8.25. The number of carbonyl (C=O) groups is 1. The highest BCUT2D eigenvalue weighted by molar-refractivity contribution is 5.68. The predicted molar refractivity (Wildman–Crippen MR) is 48.9 cm³/mol. The molecule has 13 heavy (non-hydrogen) atoms. The highest BCUT2D eigenvalue weighted by Crippen LogP contribution is 2.26. The highest BCUT2D eigenvalue weighted by atomic mass is 17.2. The third-order valence-corrected chi connectivity index (χ3v) is 2.45. The monoisotopic (exact) mass is 186 g/mol. The van der Waals surface area contributed by atoms with Crippen molar-refractivity contribution in [1.82, 2.24) is 0 Å². The second-order valence-corrected chi connectivity index (χ2v) is 3.57. The molecule has 0 N–H and O–H groups in total. The van der Waals surface area contributed by atoms with Gasteiger partial charge in [0, 0.05) is 0 Å². The fraction of sp³-hybridized carbons (Fsp3) is 0.900. The van der Waals surface area contributed by atoms with Crippen LogP contribution in [0.4, 0.5) is 0 Å². The van der Waals surface area contributed by atoms with Crippen LogP contribution < -0.4 is 0 Å². The topological polar surface area (TPSA) is 35.5 Å². The molecule has 1 aliphatic carbocycles. The van der Waals surface area contributed by atoms with E-state index in [1.54, 1.807) is 6.92 Å². The maximum atomic E-state index is 11.1. The summed E-state index contributed by atoms with van der Waals surface area (Å²) in [5.41, 5.74) is 0. The lowest BCUT2D eigenvalue weighted by Gasteiger charge is -2.19. The van der Waals surface area contributed by atoms with Gasteiger partial charge in [0.25, 0.3) is 0 Å². The number of hydrogen-bond donors (Lipinski definition) is 0. The molecule has 0 spiro atoms. The van der Waals surface area contributed by atoms with Gasteiger partial charge in [-0.25, -0.2) is 4.79 Å². The molecule has 1 saturated carbocycles. The van der Waals surface area contributed by atoms with Crippen LogP contribution in [-0.4, -0.2) is 12.6 Å². The second-order valence-electron chi connectivity index (χ2n) is 3.57. The van der Waals surface area contributed by atoms with Gasteiger partial charge in [-0.1, -0.05) is 19.3 Å². The molecule has 0 unspecified atom stereocenters. The molecule has 0 heterocycles. The van der Waals surface area contributed by atoms with Gasteiger partial charge in [0.05, 0.1) is 13.0 Å². The van der Waals surface area contributed by atoms with E-state index in [1.165, 1.54) is 32.1 Å². The van der Waals surface area contributed by atoms with Crippen molar-refractivity contribution in [3.05, 3.63) is 0 Å². The van der Waals surface area contributed by atoms with E-state index in [0.717, 1.165) is 0 Å². The minimum Gasteiger partial charge on any atom is -0.298 e. The molecule has 0 aromatic carbocycles. The molecule has 0 saturated heterocycles. The predicted octanol–water partition coefficient (Wildman–Crippen LogP) is 2.45. The molecule has 0 amide bonds. The standard InChI is InChI=1S/C10H18O3/c1-2-12-13-10(11)8-9-6-4-3-5-7-9/h9H,2-8H2,1H3. The van der Waals surface area contributed by atoms with Crippen LogP contribution in [-0.2, 0) is 14.6 Å². The lowest BCUT2D eigenvalue weighted by molar-refractivity contribution is -0.270. The van der Waals surface area contributed by atoms with Crippen LogP contribution in [0.1, 0.15) is 45.4 Å². The first kappa shape index (κ1) is 10.5. The fourth-order valence-electron chi connectivity index (χ4n) is 1.79. The van der Waals surface area contributed by atoms with Gasteiger partial charge < -0.3 is 0 Å². The first-order chi connectivity index (χ1) is 6.33. The first-order valence-electron chi connectivity index (χ1n) is 5.15. The molecule has 3 nitrogen and oxygen atoms in total. The zero-order chi connectivity index (χ0) is 9.52. The molecule has 1 rings (SSSR count). The van der Waals surface area contributed by atoms with E-state index in [0.29, 0.717) is 18.9 Å². The number of rotatable bonds is 4. The number of hydrogen-bond acceptors (Lipinski definition) is 3. The largest absolute Gasteiger partial charge is 0.342 e. The molecule has 0 atom stereocenters. The van der Waals surface area contributed by atoms with E-state index < -0.39 is 0 Å². The van der Waals surface area contributed by atoms with Crippen molar-refractivity contribution in [2.75, 3.05) is 6.61 Å². The Morgan fingerprint density at radius 3 is 2.62 bits per heavy atom. The molecule has 0 aromatic rings. The van der Waals surface area contributed by atoms with E-state index in [-0.39, 0.29) is 5.97 Å². The van der Waals surface area contributed by atoms with E-state index in [9.17, 15) is 4.79 Å². The smallest absolute Gasteiger partial charge is 0.298 e. The van der Waals surface area contributed by atoms with Crippen molar-refractivity contribution in [3.8, 4) is 0 Å². The normalized spacial score (nSPS) is 18.5. The highest BCUT2D eigenvalue weighted by Gasteiger charge is 2.18. The van der Waals surface area contributed by atoms with E-state index in [1.807, 2.05) is 0 Å². The summed E-state index contributed by atoms with van der Waals surface area (Å²) < 4.78 is 0. The molecule has 0 radical (unpaired) electrons. The molecule has 1 aliphatic rings. The van der Waals surface area contributed by atoms with Gasteiger partial charge in [-0.05, 0) is 25.7 Å². The summed E-state index contributed by atoms with van der Waals surface area (Å²) >= 11 is 0. The van der Waals surface area contributed by atoms with E-state index in [4.69, 9.17) is 0 Å². The average Bonchev–Trinajstić information content (AvgIpc) is 2.16. The molecule has 1 fully saturated rings. The van der Waals surface area contributed by atoms with Gasteiger partial charge in [-0.2, -0.15) is 4.89 Å². The molecule has 0 aliphatic heterocycles. The van der Waals surface area contributed by atoms with Gasteiger partial charge in [-0.3, -0.25) is 4.89 Å². The quantitative estimate of drug-likeness (QED) is 0.499. The van der Waals surface area contributed by atoms with Gasteiger partial charge in [0.15, 0.2) is 0 Å². The molecule has 3 heteroatoms. The summed E-state index contributed by atoms with van der Waals surface area (Å²) in [6, 6.07) is 0. The van der Waals surface area contributed by atoms with Crippen LogP contribution in [0.5, 0.6) is 0 Å². The van der Waals surface area contributed by atoms with E-state index in [2.05, 4.69) is 9.78 Å². The van der Waals surface area contributed by atoms with Crippen LogP contribution >= 0.6 is 0 Å². The zero-order valence-corrected chi connectivity index (χ0v) is 8.25. The van der Waals surface area contributed by atoms with Crippen molar-refractivity contribution in [3.63, 3.8) is 0 Å². The summed E-state index contributed by atoms with van der Waals surface area (Å²) in [6.07, 6.45) is 6.69. The van der Waals surface area contributed by atoms with Gasteiger partial charge in [0.1, 0.15) is 0 Å². The van der Waals surface area contributed by atoms with Crippen molar-refractivity contribution < 1.29 is 14.6 Å². The maximum Gasteiger partial charge on any atom is 0.342 e. The molecule has 0 bridgehead atoms. The average molecular weight is 186 g/mol. The third kappa shape index (κ3) is 4.27. The minimum atomic E-state index is -0.214. The van der Waals surface area contributed by atoms with Crippen LogP contribution in [0, 0.1) is 5.92 Å². The van der Waals surface area contributed by atoms with E-state index >= 15 is 0 Å². The van der Waals surface area contributed by atoms with Crippen LogP contribution in [0.25, 0.3) is 0 Å². The number of carbonyl (C=O) groups excluding carboxylic acids is 1. The van der Waals surface area contributed by atoms with Crippen LogP contribution in [0.3, 0.4) is 0 Å². The van der Waals surface area contributed by atoms with Crippen LogP contribution in [0.2, 0.25) is 0 Å². The Labute approximate surface area is 79.3 Å². The Morgan fingerprint density at radius 1 is 1.31 bits per heavy atom. The Morgan fingerprint density at radius 2 is 2.00 bits per heavy atom. The third-order valence-electron chi connectivity index (χ3n) is 2.45. The van der Waals surface area contributed by atoms with Crippen molar-refractivity contribution in [2.45, 2.75) is 45.4 Å². The summed E-state index contributed by atoms with van der Waals surface area (Å²) in [5, 5.41) is 0. The second kappa shape index (κ2) is 5.97. The summed E-state index contributed by atoms with van der Waals surface area (Å²) in [5.74, 6) is 0.315. The van der Waals surface area contributed by atoms with Gasteiger partial charge >= 0.3 is 5.97 Å². The summed E-state index contributed by atoms with van der Waals surface area (Å²) in [4.78, 5) is 20.3. The molecular weight excluding hydrogens is 168 g/mol.